The predicted molar refractivity (Wildman–Crippen MR) is 106 cm³/mol. The van der Waals surface area contributed by atoms with E-state index < -0.39 is 16.9 Å². The molecule has 1 aliphatic heterocycles. The van der Waals surface area contributed by atoms with Gasteiger partial charge in [0, 0.05) is 36.3 Å². The SMILES string of the molecule is CC1(C)CC(=O)C2(OC3=C(C(=O)CC(C)(C)C3)C2c2ccc(Cl)cc2)C(=O)C1. The van der Waals surface area contributed by atoms with Crippen molar-refractivity contribution in [1.29, 1.82) is 0 Å². The molecular weight excluding hydrogens is 376 g/mol. The number of ketones is 3. The molecule has 5 heteroatoms. The first-order valence-corrected chi connectivity index (χ1v) is 10.1. The van der Waals surface area contributed by atoms with Crippen LogP contribution in [0.1, 0.15) is 64.9 Å². The fraction of sp³-hybridized carbons (Fsp3) is 0.522. The highest BCUT2D eigenvalue weighted by Gasteiger charge is 2.65. The molecule has 4 rings (SSSR count). The van der Waals surface area contributed by atoms with E-state index in [2.05, 4.69) is 0 Å². The number of benzene rings is 1. The van der Waals surface area contributed by atoms with E-state index in [4.69, 9.17) is 16.3 Å². The first kappa shape index (κ1) is 19.4. The van der Waals surface area contributed by atoms with E-state index in [-0.39, 0.29) is 35.6 Å². The highest BCUT2D eigenvalue weighted by molar-refractivity contribution is 6.30. The number of ether oxygens (including phenoxy) is 1. The minimum atomic E-state index is -1.62. The zero-order valence-electron chi connectivity index (χ0n) is 16.7. The minimum Gasteiger partial charge on any atom is -0.474 e. The summed E-state index contributed by atoms with van der Waals surface area (Å²) < 4.78 is 6.24. The lowest BCUT2D eigenvalue weighted by atomic mass is 9.61. The van der Waals surface area contributed by atoms with Gasteiger partial charge in [-0.15, -0.1) is 0 Å². The number of carbonyl (C=O) groups excluding carboxylic acids is 3. The van der Waals surface area contributed by atoms with Crippen molar-refractivity contribution in [2.24, 2.45) is 10.8 Å². The van der Waals surface area contributed by atoms with E-state index in [1.165, 1.54) is 0 Å². The monoisotopic (exact) mass is 400 g/mol. The maximum absolute atomic E-state index is 13.4. The quantitative estimate of drug-likeness (QED) is 0.635. The third kappa shape index (κ3) is 2.85. The molecule has 0 radical (unpaired) electrons. The Labute approximate surface area is 170 Å². The van der Waals surface area contributed by atoms with Crippen LogP contribution in [0, 0.1) is 10.8 Å². The zero-order valence-corrected chi connectivity index (χ0v) is 17.5. The van der Waals surface area contributed by atoms with Gasteiger partial charge < -0.3 is 4.74 Å². The number of carbonyl (C=O) groups is 3. The summed E-state index contributed by atoms with van der Waals surface area (Å²) in [5.74, 6) is -0.669. The van der Waals surface area contributed by atoms with Crippen LogP contribution in [0.2, 0.25) is 5.02 Å². The number of halogens is 1. The van der Waals surface area contributed by atoms with E-state index in [1.54, 1.807) is 24.3 Å². The van der Waals surface area contributed by atoms with Gasteiger partial charge in [0.15, 0.2) is 17.3 Å². The van der Waals surface area contributed by atoms with Gasteiger partial charge in [-0.2, -0.15) is 0 Å². The number of allylic oxidation sites excluding steroid dienone is 1. The summed E-state index contributed by atoms with van der Waals surface area (Å²) in [4.78, 5) is 39.9. The first-order valence-electron chi connectivity index (χ1n) is 9.73. The predicted octanol–water partition coefficient (Wildman–Crippen LogP) is 4.79. The third-order valence-corrected chi connectivity index (χ3v) is 6.42. The van der Waals surface area contributed by atoms with Crippen molar-refractivity contribution in [3.05, 3.63) is 46.2 Å². The third-order valence-electron chi connectivity index (χ3n) is 6.17. The first-order chi connectivity index (χ1) is 13.0. The molecule has 1 saturated carbocycles. The van der Waals surface area contributed by atoms with Gasteiger partial charge in [0.25, 0.3) is 0 Å². The standard InChI is InChI=1S/C23H25ClO4/c1-21(2)9-15(25)19-16(10-21)28-23(17(26)11-22(3,4)12-18(23)27)20(19)13-5-7-14(24)8-6-13/h5-8,20H,9-12H2,1-4H3. The van der Waals surface area contributed by atoms with Crippen LogP contribution >= 0.6 is 11.6 Å². The Morgan fingerprint density at radius 2 is 1.39 bits per heavy atom. The lowest BCUT2D eigenvalue weighted by Gasteiger charge is -2.41. The average molecular weight is 401 g/mol. The number of rotatable bonds is 1. The maximum Gasteiger partial charge on any atom is 0.234 e. The molecule has 1 aromatic rings. The molecule has 4 nitrogen and oxygen atoms in total. The Morgan fingerprint density at radius 3 is 1.96 bits per heavy atom. The molecule has 0 aromatic heterocycles. The minimum absolute atomic E-state index is 0.0338. The Hall–Kier alpha value is -1.94. The number of Topliss-reactive ketones (excluding diaryl/α,β-unsaturated/α-hetero) is 3. The second-order valence-electron chi connectivity index (χ2n) is 9.96. The largest absolute Gasteiger partial charge is 0.474 e. The summed E-state index contributed by atoms with van der Waals surface area (Å²) in [7, 11) is 0. The normalized spacial score (nSPS) is 27.8. The van der Waals surface area contributed by atoms with Gasteiger partial charge in [-0.3, -0.25) is 14.4 Å². The highest BCUT2D eigenvalue weighted by Crippen LogP contribution is 2.57. The van der Waals surface area contributed by atoms with Crippen molar-refractivity contribution in [3.63, 3.8) is 0 Å². The topological polar surface area (TPSA) is 60.4 Å². The summed E-state index contributed by atoms with van der Waals surface area (Å²) in [6.45, 7) is 7.86. The van der Waals surface area contributed by atoms with Gasteiger partial charge in [0.05, 0.1) is 5.92 Å². The van der Waals surface area contributed by atoms with Crippen molar-refractivity contribution in [3.8, 4) is 0 Å². The molecule has 0 amide bonds. The van der Waals surface area contributed by atoms with Crippen molar-refractivity contribution >= 4 is 29.0 Å². The Balaban J connectivity index is 1.90. The van der Waals surface area contributed by atoms with Crippen LogP contribution in [0.3, 0.4) is 0 Å². The molecular formula is C23H25ClO4. The molecule has 1 fully saturated rings. The molecule has 0 saturated heterocycles. The Kier molecular flexibility index (Phi) is 4.17. The lowest BCUT2D eigenvalue weighted by molar-refractivity contribution is -0.160. The number of hydrogen-bond donors (Lipinski definition) is 0. The molecule has 2 aliphatic carbocycles. The van der Waals surface area contributed by atoms with Gasteiger partial charge in [-0.05, 0) is 28.5 Å². The molecule has 1 heterocycles. The van der Waals surface area contributed by atoms with Gasteiger partial charge in [-0.25, -0.2) is 0 Å². The highest BCUT2D eigenvalue weighted by atomic mass is 35.5. The van der Waals surface area contributed by atoms with Crippen LogP contribution in [0.5, 0.6) is 0 Å². The average Bonchev–Trinajstić information content (AvgIpc) is 2.88. The Morgan fingerprint density at radius 1 is 0.857 bits per heavy atom. The summed E-state index contributed by atoms with van der Waals surface area (Å²) in [6.07, 6.45) is 1.43. The van der Waals surface area contributed by atoms with Crippen molar-refractivity contribution in [2.45, 2.75) is 64.9 Å². The number of hydrogen-bond acceptors (Lipinski definition) is 4. The van der Waals surface area contributed by atoms with E-state index in [0.717, 1.165) is 5.56 Å². The van der Waals surface area contributed by atoms with Crippen molar-refractivity contribution in [1.82, 2.24) is 0 Å². The molecule has 1 atom stereocenters. The van der Waals surface area contributed by atoms with Crippen molar-refractivity contribution < 1.29 is 19.1 Å². The smallest absolute Gasteiger partial charge is 0.234 e. The fourth-order valence-corrected chi connectivity index (χ4v) is 5.12. The molecule has 0 bridgehead atoms. The van der Waals surface area contributed by atoms with Crippen LogP contribution in [0.4, 0.5) is 0 Å². The van der Waals surface area contributed by atoms with Crippen LogP contribution in [0.25, 0.3) is 0 Å². The second-order valence-corrected chi connectivity index (χ2v) is 10.4. The summed E-state index contributed by atoms with van der Waals surface area (Å²) >= 11 is 6.05. The summed E-state index contributed by atoms with van der Waals surface area (Å²) in [6, 6.07) is 7.03. The summed E-state index contributed by atoms with van der Waals surface area (Å²) in [5.41, 5.74) is -1.05. The van der Waals surface area contributed by atoms with Gasteiger partial charge in [0.2, 0.25) is 5.60 Å². The molecule has 1 spiro atoms. The second kappa shape index (κ2) is 6.03. The van der Waals surface area contributed by atoms with E-state index in [1.807, 2.05) is 27.7 Å². The molecule has 3 aliphatic rings. The maximum atomic E-state index is 13.4. The van der Waals surface area contributed by atoms with E-state index in [0.29, 0.717) is 29.2 Å². The molecule has 28 heavy (non-hydrogen) atoms. The molecule has 1 unspecified atom stereocenters. The molecule has 1 aromatic carbocycles. The zero-order chi connectivity index (χ0) is 20.5. The summed E-state index contributed by atoms with van der Waals surface area (Å²) in [5, 5.41) is 0.560. The van der Waals surface area contributed by atoms with Crippen LogP contribution in [0.15, 0.2) is 35.6 Å². The van der Waals surface area contributed by atoms with Crippen LogP contribution in [-0.2, 0) is 19.1 Å². The van der Waals surface area contributed by atoms with Gasteiger partial charge in [0.1, 0.15) is 5.76 Å². The van der Waals surface area contributed by atoms with Gasteiger partial charge >= 0.3 is 0 Å². The van der Waals surface area contributed by atoms with Crippen molar-refractivity contribution in [2.75, 3.05) is 0 Å². The van der Waals surface area contributed by atoms with E-state index in [9.17, 15) is 14.4 Å². The lowest BCUT2D eigenvalue weighted by Crippen LogP contribution is -2.57. The van der Waals surface area contributed by atoms with Crippen LogP contribution < -0.4 is 0 Å². The van der Waals surface area contributed by atoms with Crippen LogP contribution in [-0.4, -0.2) is 23.0 Å². The molecule has 0 N–H and O–H groups in total. The fourth-order valence-electron chi connectivity index (χ4n) is 4.99. The molecule has 148 valence electrons. The van der Waals surface area contributed by atoms with Gasteiger partial charge in [-0.1, -0.05) is 51.4 Å². The van der Waals surface area contributed by atoms with E-state index >= 15 is 0 Å². The Bertz CT molecular complexity index is 900.